The normalized spacial score (nSPS) is 10.4. The van der Waals surface area contributed by atoms with Gasteiger partial charge in [-0.25, -0.2) is 4.98 Å². The molecule has 8 heteroatoms. The van der Waals surface area contributed by atoms with Gasteiger partial charge in [0.2, 0.25) is 0 Å². The zero-order chi connectivity index (χ0) is 16.2. The molecule has 0 aliphatic rings. The molecule has 3 aromatic rings. The minimum absolute atomic E-state index is 0.236. The maximum atomic E-state index is 12.5. The van der Waals surface area contributed by atoms with Gasteiger partial charge in [-0.05, 0) is 12.1 Å². The van der Waals surface area contributed by atoms with Gasteiger partial charge >= 0.3 is 0 Å². The fourth-order valence-electron chi connectivity index (χ4n) is 2.19. The minimum atomic E-state index is -0.236. The molecule has 2 aromatic heterocycles. The number of aromatic nitrogens is 2. The smallest absolute Gasteiger partial charge is 0.270 e. The second kappa shape index (κ2) is 6.69. The molecule has 6 nitrogen and oxygen atoms in total. The maximum absolute atomic E-state index is 12.5. The molecule has 0 bridgehead atoms. The van der Waals surface area contributed by atoms with Crippen LogP contribution in [-0.2, 0) is 0 Å². The molecule has 2 N–H and O–H groups in total. The molecule has 116 valence electrons. The Morgan fingerprint density at radius 2 is 2.13 bits per heavy atom. The molecule has 2 heterocycles. The highest BCUT2D eigenvalue weighted by atomic mass is 35.5. The molecule has 0 aliphatic carbocycles. The predicted octanol–water partition coefficient (Wildman–Crippen LogP) is 2.52. The number of carbonyl (C=O) groups is 1. The number of amides is 1. The summed E-state index contributed by atoms with van der Waals surface area (Å²) in [6.45, 7) is 0.730. The summed E-state index contributed by atoms with van der Waals surface area (Å²) >= 11 is 7.38. The Balaban J connectivity index is 1.95. The third-order valence-electron chi connectivity index (χ3n) is 3.21. The standard InChI is InChI=1S/C15H12ClN5OS/c16-11-3-1-10(2-4-11)12-13(14(22)19-6-5-18-9-17)21-7-8-23-15(21)20-12/h1-4,7-8,18H,5-6H2,(H,19,22). The average molecular weight is 346 g/mol. The fourth-order valence-corrected chi connectivity index (χ4v) is 3.03. The van der Waals surface area contributed by atoms with E-state index in [1.54, 1.807) is 16.5 Å². The van der Waals surface area contributed by atoms with Crippen LogP contribution in [0.25, 0.3) is 16.2 Å². The van der Waals surface area contributed by atoms with Crippen LogP contribution < -0.4 is 10.6 Å². The van der Waals surface area contributed by atoms with Gasteiger partial charge in [-0.15, -0.1) is 11.3 Å². The van der Waals surface area contributed by atoms with E-state index >= 15 is 0 Å². The first-order chi connectivity index (χ1) is 11.2. The van der Waals surface area contributed by atoms with Crippen LogP contribution in [0.15, 0.2) is 35.8 Å². The number of halogens is 1. The Morgan fingerprint density at radius 1 is 1.35 bits per heavy atom. The molecule has 0 saturated heterocycles. The molecule has 0 atom stereocenters. The van der Waals surface area contributed by atoms with Gasteiger partial charge in [0.05, 0.1) is 0 Å². The van der Waals surface area contributed by atoms with Gasteiger partial charge in [0.1, 0.15) is 11.4 Å². The van der Waals surface area contributed by atoms with E-state index in [1.807, 2.05) is 29.9 Å². The van der Waals surface area contributed by atoms with Gasteiger partial charge in [0.15, 0.2) is 11.2 Å². The number of hydrogen-bond acceptors (Lipinski definition) is 5. The summed E-state index contributed by atoms with van der Waals surface area (Å²) in [5, 5.41) is 16.2. The monoisotopic (exact) mass is 345 g/mol. The number of hydrogen-bond donors (Lipinski definition) is 2. The lowest BCUT2D eigenvalue weighted by atomic mass is 10.1. The van der Waals surface area contributed by atoms with E-state index in [9.17, 15) is 4.79 Å². The van der Waals surface area contributed by atoms with Crippen LogP contribution in [0.3, 0.4) is 0 Å². The number of carbonyl (C=O) groups excluding carboxylic acids is 1. The van der Waals surface area contributed by atoms with E-state index in [4.69, 9.17) is 16.9 Å². The van der Waals surface area contributed by atoms with Crippen molar-refractivity contribution in [2.45, 2.75) is 0 Å². The maximum Gasteiger partial charge on any atom is 0.270 e. The highest BCUT2D eigenvalue weighted by molar-refractivity contribution is 7.15. The minimum Gasteiger partial charge on any atom is -0.349 e. The lowest BCUT2D eigenvalue weighted by molar-refractivity contribution is 0.0949. The highest BCUT2D eigenvalue weighted by Gasteiger charge is 2.20. The second-order valence-electron chi connectivity index (χ2n) is 4.67. The van der Waals surface area contributed by atoms with Crippen molar-refractivity contribution >= 4 is 33.8 Å². The molecule has 1 aromatic carbocycles. The van der Waals surface area contributed by atoms with Crippen molar-refractivity contribution in [3.8, 4) is 17.5 Å². The Hall–Kier alpha value is -2.56. The van der Waals surface area contributed by atoms with E-state index in [2.05, 4.69) is 15.6 Å². The molecule has 0 aliphatic heterocycles. The van der Waals surface area contributed by atoms with Gasteiger partial charge in [-0.2, -0.15) is 5.26 Å². The number of benzene rings is 1. The van der Waals surface area contributed by atoms with Crippen molar-refractivity contribution in [3.05, 3.63) is 46.6 Å². The topological polar surface area (TPSA) is 82.2 Å². The van der Waals surface area contributed by atoms with Gasteiger partial charge in [0, 0.05) is 35.3 Å². The van der Waals surface area contributed by atoms with Crippen LogP contribution in [0.1, 0.15) is 10.5 Å². The largest absolute Gasteiger partial charge is 0.349 e. The third kappa shape index (κ3) is 3.13. The summed E-state index contributed by atoms with van der Waals surface area (Å²) in [6, 6.07) is 7.21. The quantitative estimate of drug-likeness (QED) is 0.423. The molecule has 3 rings (SSSR count). The summed E-state index contributed by atoms with van der Waals surface area (Å²) in [4.78, 5) is 17.8. The number of fused-ring (bicyclic) bond motifs is 1. The van der Waals surface area contributed by atoms with Crippen molar-refractivity contribution in [1.29, 1.82) is 5.26 Å². The van der Waals surface area contributed by atoms with Crippen LogP contribution >= 0.6 is 22.9 Å². The van der Waals surface area contributed by atoms with Crippen LogP contribution in [0.5, 0.6) is 0 Å². The molecular weight excluding hydrogens is 334 g/mol. The highest BCUT2D eigenvalue weighted by Crippen LogP contribution is 2.27. The van der Waals surface area contributed by atoms with Crippen molar-refractivity contribution in [2.75, 3.05) is 13.1 Å². The van der Waals surface area contributed by atoms with Crippen LogP contribution in [0, 0.1) is 11.5 Å². The van der Waals surface area contributed by atoms with Crippen molar-refractivity contribution in [3.63, 3.8) is 0 Å². The fraction of sp³-hybridized carbons (Fsp3) is 0.133. The van der Waals surface area contributed by atoms with Gasteiger partial charge in [-0.1, -0.05) is 23.7 Å². The SMILES string of the molecule is N#CNCCNC(=O)c1c(-c2ccc(Cl)cc2)nc2sccn12. The molecule has 0 unspecified atom stereocenters. The zero-order valence-electron chi connectivity index (χ0n) is 11.9. The lowest BCUT2D eigenvalue weighted by Crippen LogP contribution is -2.31. The number of nitriles is 1. The number of nitrogens with one attached hydrogen (secondary N) is 2. The van der Waals surface area contributed by atoms with E-state index < -0.39 is 0 Å². The lowest BCUT2D eigenvalue weighted by Gasteiger charge is -2.06. The van der Waals surface area contributed by atoms with E-state index in [0.29, 0.717) is 29.5 Å². The first-order valence-corrected chi connectivity index (χ1v) is 8.08. The Kier molecular flexibility index (Phi) is 4.46. The summed E-state index contributed by atoms with van der Waals surface area (Å²) < 4.78 is 1.77. The predicted molar refractivity (Wildman–Crippen MR) is 89.5 cm³/mol. The molecule has 0 spiro atoms. The van der Waals surface area contributed by atoms with Crippen LogP contribution in [0.4, 0.5) is 0 Å². The summed E-state index contributed by atoms with van der Waals surface area (Å²) in [7, 11) is 0. The first-order valence-electron chi connectivity index (χ1n) is 6.82. The van der Waals surface area contributed by atoms with E-state index in [-0.39, 0.29) is 5.91 Å². The summed E-state index contributed by atoms with van der Waals surface area (Å²) in [5.41, 5.74) is 1.91. The van der Waals surface area contributed by atoms with Crippen molar-refractivity contribution < 1.29 is 4.79 Å². The summed E-state index contributed by atoms with van der Waals surface area (Å²) in [5.74, 6) is -0.236. The Labute approximate surface area is 141 Å². The number of imidazole rings is 1. The average Bonchev–Trinajstić information content (AvgIpc) is 3.12. The van der Waals surface area contributed by atoms with Gasteiger partial charge < -0.3 is 10.6 Å². The zero-order valence-corrected chi connectivity index (χ0v) is 13.5. The van der Waals surface area contributed by atoms with Gasteiger partial charge in [0.25, 0.3) is 5.91 Å². The number of nitrogens with zero attached hydrogens (tertiary/aromatic N) is 3. The summed E-state index contributed by atoms with van der Waals surface area (Å²) in [6.07, 6.45) is 3.63. The third-order valence-corrected chi connectivity index (χ3v) is 4.22. The second-order valence-corrected chi connectivity index (χ2v) is 5.98. The molecule has 0 saturated carbocycles. The van der Waals surface area contributed by atoms with E-state index in [0.717, 1.165) is 10.5 Å². The molecule has 23 heavy (non-hydrogen) atoms. The number of rotatable bonds is 5. The van der Waals surface area contributed by atoms with Gasteiger partial charge in [-0.3, -0.25) is 9.20 Å². The van der Waals surface area contributed by atoms with E-state index in [1.165, 1.54) is 11.3 Å². The number of thiazole rings is 1. The van der Waals surface area contributed by atoms with Crippen molar-refractivity contribution in [2.24, 2.45) is 0 Å². The Bertz CT molecular complexity index is 878. The molecular formula is C15H12ClN5OS. The van der Waals surface area contributed by atoms with Crippen LogP contribution in [-0.4, -0.2) is 28.4 Å². The Morgan fingerprint density at radius 3 is 2.87 bits per heavy atom. The molecule has 0 radical (unpaired) electrons. The molecule has 1 amide bonds. The molecule has 0 fully saturated rings. The van der Waals surface area contributed by atoms with Crippen LogP contribution in [0.2, 0.25) is 5.02 Å². The van der Waals surface area contributed by atoms with Crippen molar-refractivity contribution in [1.82, 2.24) is 20.0 Å². The first kappa shape index (κ1) is 15.3.